The van der Waals surface area contributed by atoms with Crippen molar-refractivity contribution >= 4 is 23.6 Å². The third-order valence-electron chi connectivity index (χ3n) is 8.62. The maximum absolute atomic E-state index is 12.4. The fourth-order valence-electron chi connectivity index (χ4n) is 5.87. The van der Waals surface area contributed by atoms with Gasteiger partial charge in [-0.3, -0.25) is 19.2 Å². The molecule has 2 saturated heterocycles. The monoisotopic (exact) mass is 614 g/mol. The number of nitrogens with one attached hydrogen (secondary N) is 2. The van der Waals surface area contributed by atoms with E-state index in [1.54, 1.807) is 9.80 Å². The first-order chi connectivity index (χ1) is 21.3. The number of carbonyl (C=O) groups is 4. The van der Waals surface area contributed by atoms with Crippen molar-refractivity contribution in [1.82, 2.24) is 20.4 Å². The third kappa shape index (κ3) is 13.6. The van der Waals surface area contributed by atoms with Crippen molar-refractivity contribution in [2.45, 2.75) is 140 Å². The highest BCUT2D eigenvalue weighted by atomic mass is 16.2. The van der Waals surface area contributed by atoms with Gasteiger partial charge in [-0.25, -0.2) is 0 Å². The van der Waals surface area contributed by atoms with Gasteiger partial charge in [-0.2, -0.15) is 10.5 Å². The molecule has 246 valence electrons. The number of hydrogen-bond donors (Lipinski definition) is 4. The van der Waals surface area contributed by atoms with E-state index >= 15 is 0 Å². The highest BCUT2D eigenvalue weighted by Crippen LogP contribution is 2.19. The van der Waals surface area contributed by atoms with Gasteiger partial charge >= 0.3 is 0 Å². The van der Waals surface area contributed by atoms with Crippen molar-refractivity contribution in [2.24, 2.45) is 11.5 Å². The molecule has 2 fully saturated rings. The van der Waals surface area contributed by atoms with Crippen LogP contribution in [0.25, 0.3) is 0 Å². The third-order valence-corrected chi connectivity index (χ3v) is 8.62. The van der Waals surface area contributed by atoms with Crippen molar-refractivity contribution in [3.8, 4) is 12.1 Å². The lowest BCUT2D eigenvalue weighted by Gasteiger charge is -2.23. The van der Waals surface area contributed by atoms with Gasteiger partial charge in [0.2, 0.25) is 23.6 Å². The molecule has 0 spiro atoms. The van der Waals surface area contributed by atoms with E-state index < -0.39 is 24.2 Å². The molecule has 12 nitrogen and oxygen atoms in total. The van der Waals surface area contributed by atoms with Gasteiger partial charge in [0.05, 0.1) is 24.2 Å². The molecule has 4 amide bonds. The summed E-state index contributed by atoms with van der Waals surface area (Å²) in [5.41, 5.74) is 12.0. The lowest BCUT2D eigenvalue weighted by Crippen LogP contribution is -2.46. The number of hydrogen-bond acceptors (Lipinski definition) is 8. The summed E-state index contributed by atoms with van der Waals surface area (Å²) in [7, 11) is 0. The number of nitriles is 2. The standard InChI is InChI=1S/C32H54N8O4/c33-23-25-13-11-21-39(25)31(43)27(35)15-17-29(41)37-19-9-7-5-3-1-2-4-6-8-10-20-38-30(42)18-16-28(36)32(44)40-22-12-14-26(40)24-34/h25-28H,1-22,35-36H2,(H,37,41)(H,38,42)/t25?,26?,27-,28-/m0/s1. The number of likely N-dealkylation sites (tertiary alicyclic amines) is 2. The first-order valence-corrected chi connectivity index (χ1v) is 16.7. The number of unbranched alkanes of at least 4 members (excludes halogenated alkanes) is 9. The Labute approximate surface area is 263 Å². The largest absolute Gasteiger partial charge is 0.356 e. The molecule has 2 aliphatic rings. The lowest BCUT2D eigenvalue weighted by molar-refractivity contribution is -0.133. The zero-order chi connectivity index (χ0) is 32.2. The normalized spacial score (nSPS) is 19.2. The zero-order valence-electron chi connectivity index (χ0n) is 26.4. The minimum absolute atomic E-state index is 0.0878. The molecule has 2 heterocycles. The Hall–Kier alpha value is -3.22. The summed E-state index contributed by atoms with van der Waals surface area (Å²) in [6.07, 6.45) is 15.1. The Bertz CT molecular complexity index is 916. The number of nitrogens with two attached hydrogens (primary N) is 2. The van der Waals surface area contributed by atoms with Gasteiger partial charge in [-0.1, -0.05) is 51.4 Å². The molecule has 2 aliphatic heterocycles. The summed E-state index contributed by atoms with van der Waals surface area (Å²) in [6.45, 7) is 2.39. The highest BCUT2D eigenvalue weighted by Gasteiger charge is 2.32. The molecule has 44 heavy (non-hydrogen) atoms. The molecule has 2 rings (SSSR count). The summed E-state index contributed by atoms with van der Waals surface area (Å²) in [5.74, 6) is -0.640. The molecule has 0 aromatic rings. The Morgan fingerprint density at radius 1 is 0.636 bits per heavy atom. The SMILES string of the molecule is N#CC1CCCN1C(=O)[C@@H](N)CCC(=O)NCCCCCCCCCCCCNC(=O)CC[C@H](N)C(=O)N1CCCC1C#N. The van der Waals surface area contributed by atoms with Gasteiger partial charge in [0.15, 0.2) is 0 Å². The van der Waals surface area contributed by atoms with Crippen LogP contribution < -0.4 is 22.1 Å². The summed E-state index contributed by atoms with van der Waals surface area (Å²) in [4.78, 5) is 52.1. The smallest absolute Gasteiger partial charge is 0.240 e. The van der Waals surface area contributed by atoms with Crippen LogP contribution in [0.5, 0.6) is 0 Å². The highest BCUT2D eigenvalue weighted by molar-refractivity contribution is 5.84. The summed E-state index contributed by atoms with van der Waals surface area (Å²) < 4.78 is 0. The molecule has 0 saturated carbocycles. The number of nitrogens with zero attached hydrogens (tertiary/aromatic N) is 4. The zero-order valence-corrected chi connectivity index (χ0v) is 26.4. The van der Waals surface area contributed by atoms with Gasteiger partial charge in [0.1, 0.15) is 12.1 Å². The number of carbonyl (C=O) groups excluding carboxylic acids is 4. The van der Waals surface area contributed by atoms with Crippen molar-refractivity contribution in [3.63, 3.8) is 0 Å². The Kier molecular flexibility index (Phi) is 18.0. The molecular formula is C32H54N8O4. The fraction of sp³-hybridized carbons (Fsp3) is 0.812. The van der Waals surface area contributed by atoms with Gasteiger partial charge < -0.3 is 31.9 Å². The number of rotatable bonds is 21. The molecule has 12 heteroatoms. The topological polar surface area (TPSA) is 198 Å². The quantitative estimate of drug-likeness (QED) is 0.141. The lowest BCUT2D eigenvalue weighted by atomic mass is 10.1. The van der Waals surface area contributed by atoms with E-state index in [0.717, 1.165) is 51.4 Å². The van der Waals surface area contributed by atoms with E-state index in [1.165, 1.54) is 25.7 Å². The van der Waals surface area contributed by atoms with E-state index in [4.69, 9.17) is 22.0 Å². The van der Waals surface area contributed by atoms with E-state index in [1.807, 2.05) is 0 Å². The van der Waals surface area contributed by atoms with Crippen LogP contribution in [0.15, 0.2) is 0 Å². The second-order valence-electron chi connectivity index (χ2n) is 12.2. The van der Waals surface area contributed by atoms with Crippen molar-refractivity contribution < 1.29 is 19.2 Å². The molecular weight excluding hydrogens is 560 g/mol. The average molecular weight is 615 g/mol. The minimum atomic E-state index is -0.741. The van der Waals surface area contributed by atoms with Crippen molar-refractivity contribution in [3.05, 3.63) is 0 Å². The van der Waals surface area contributed by atoms with Crippen LogP contribution in [0.2, 0.25) is 0 Å². The maximum atomic E-state index is 12.4. The van der Waals surface area contributed by atoms with E-state index in [-0.39, 0.29) is 49.3 Å². The van der Waals surface area contributed by atoms with E-state index in [9.17, 15) is 19.2 Å². The predicted molar refractivity (Wildman–Crippen MR) is 167 cm³/mol. The first kappa shape index (κ1) is 37.0. The molecule has 6 N–H and O–H groups in total. The predicted octanol–water partition coefficient (Wildman–Crippen LogP) is 2.36. The minimum Gasteiger partial charge on any atom is -0.356 e. The second kappa shape index (κ2) is 21.5. The summed E-state index contributed by atoms with van der Waals surface area (Å²) >= 11 is 0. The van der Waals surface area contributed by atoms with Gasteiger partial charge in [0.25, 0.3) is 0 Å². The van der Waals surface area contributed by atoms with Crippen molar-refractivity contribution in [2.75, 3.05) is 26.2 Å². The molecule has 0 bridgehead atoms. The van der Waals surface area contributed by atoms with Gasteiger partial charge in [-0.15, -0.1) is 0 Å². The summed E-state index contributed by atoms with van der Waals surface area (Å²) in [5, 5.41) is 24.1. The van der Waals surface area contributed by atoms with Crippen LogP contribution in [-0.4, -0.2) is 83.8 Å². The Morgan fingerprint density at radius 2 is 0.977 bits per heavy atom. The molecule has 0 aliphatic carbocycles. The van der Waals surface area contributed by atoms with Crippen LogP contribution >= 0.6 is 0 Å². The molecule has 0 aromatic carbocycles. The van der Waals surface area contributed by atoms with Gasteiger partial charge in [0, 0.05) is 39.0 Å². The van der Waals surface area contributed by atoms with Crippen LogP contribution in [0.1, 0.15) is 116 Å². The average Bonchev–Trinajstić information content (AvgIpc) is 3.71. The van der Waals surface area contributed by atoms with E-state index in [0.29, 0.717) is 39.0 Å². The fourth-order valence-corrected chi connectivity index (χ4v) is 5.87. The molecule has 4 atom stereocenters. The Morgan fingerprint density at radius 3 is 1.32 bits per heavy atom. The molecule has 0 radical (unpaired) electrons. The van der Waals surface area contributed by atoms with E-state index in [2.05, 4.69) is 22.8 Å². The first-order valence-electron chi connectivity index (χ1n) is 16.7. The van der Waals surface area contributed by atoms with Crippen LogP contribution in [-0.2, 0) is 19.2 Å². The number of amides is 4. The maximum Gasteiger partial charge on any atom is 0.240 e. The van der Waals surface area contributed by atoms with Gasteiger partial charge in [-0.05, 0) is 51.4 Å². The van der Waals surface area contributed by atoms with Crippen LogP contribution in [0, 0.1) is 22.7 Å². The molecule has 2 unspecified atom stereocenters. The molecule has 0 aromatic heterocycles. The van der Waals surface area contributed by atoms with Crippen LogP contribution in [0.4, 0.5) is 0 Å². The van der Waals surface area contributed by atoms with Crippen molar-refractivity contribution in [1.29, 1.82) is 10.5 Å². The van der Waals surface area contributed by atoms with Crippen LogP contribution in [0.3, 0.4) is 0 Å². The Balaban J connectivity index is 1.34. The second-order valence-corrected chi connectivity index (χ2v) is 12.2. The summed E-state index contributed by atoms with van der Waals surface area (Å²) in [6, 6.07) is 2.02.